The Kier molecular flexibility index (Phi) is 70.6. The Balaban J connectivity index is -0.0000000898. The molecule has 1 saturated carbocycles. The number of carbonyl (C=O) groups is 9. The van der Waals surface area contributed by atoms with E-state index in [-0.39, 0.29) is 59.7 Å². The summed E-state index contributed by atoms with van der Waals surface area (Å²) in [4.78, 5) is 91.1. The van der Waals surface area contributed by atoms with E-state index in [9.17, 15) is 43.2 Å². The Bertz CT molecular complexity index is 1260. The smallest absolute Gasteiger partial charge is 0.406 e. The van der Waals surface area contributed by atoms with E-state index in [1.54, 1.807) is 54.4 Å². The summed E-state index contributed by atoms with van der Waals surface area (Å²) < 4.78 is 4.15. The Morgan fingerprint density at radius 1 is 0.714 bits per heavy atom. The molecule has 0 aromatic heterocycles. The molecule has 1 aromatic rings. The highest BCUT2D eigenvalue weighted by molar-refractivity contribution is 5.93. The highest BCUT2D eigenvalue weighted by Crippen LogP contribution is 2.28. The van der Waals surface area contributed by atoms with Gasteiger partial charge in [0.05, 0.1) is 19.7 Å². The van der Waals surface area contributed by atoms with Gasteiger partial charge in [-0.25, -0.2) is 4.79 Å². The van der Waals surface area contributed by atoms with Crippen molar-refractivity contribution in [2.75, 3.05) is 83.2 Å². The van der Waals surface area contributed by atoms with Gasteiger partial charge in [-0.05, 0) is 31.9 Å². The molecule has 1 fully saturated rings. The first kappa shape index (κ1) is 74.1. The first-order valence-corrected chi connectivity index (χ1v) is 19.7. The lowest BCUT2D eigenvalue weighted by atomic mass is 10.2. The van der Waals surface area contributed by atoms with Gasteiger partial charge in [-0.1, -0.05) is 45.9 Å². The van der Waals surface area contributed by atoms with Crippen LogP contribution in [0.1, 0.15) is 84.5 Å². The number of benzene rings is 1. The summed E-state index contributed by atoms with van der Waals surface area (Å²) in [5.41, 5.74) is 5.57. The fourth-order valence-corrected chi connectivity index (χ4v) is 2.28. The summed E-state index contributed by atoms with van der Waals surface area (Å²) in [6, 6.07) is 11.0. The first-order valence-electron chi connectivity index (χ1n) is 19.7. The topological polar surface area (TPSA) is 341 Å². The molecule has 0 radical (unpaired) electrons. The van der Waals surface area contributed by atoms with Crippen molar-refractivity contribution in [2.24, 2.45) is 17.6 Å². The fraction of sp³-hybridized carbons (Fsp3) is 0.610. The van der Waals surface area contributed by atoms with E-state index in [1.165, 1.54) is 35.1 Å². The first-order chi connectivity index (χ1) is 29.6. The molecule has 0 saturated heterocycles. The quantitative estimate of drug-likeness (QED) is 0.171. The predicted molar refractivity (Wildman–Crippen MR) is 246 cm³/mol. The van der Waals surface area contributed by atoms with Crippen molar-refractivity contribution in [1.82, 2.24) is 47.9 Å². The maximum absolute atomic E-state index is 10.9. The van der Waals surface area contributed by atoms with E-state index >= 15 is 0 Å². The van der Waals surface area contributed by atoms with Crippen LogP contribution in [0.2, 0.25) is 0 Å². The van der Waals surface area contributed by atoms with Gasteiger partial charge in [0.2, 0.25) is 41.4 Å². The number of aliphatic hydroxyl groups excluding tert-OH is 1. The van der Waals surface area contributed by atoms with E-state index in [1.807, 2.05) is 58.9 Å². The summed E-state index contributed by atoms with van der Waals surface area (Å²) >= 11 is 0. The van der Waals surface area contributed by atoms with Crippen molar-refractivity contribution in [3.63, 3.8) is 0 Å². The fourth-order valence-electron chi connectivity index (χ4n) is 2.28. The number of carbonyl (C=O) groups excluding carboxylic acids is 9. The van der Waals surface area contributed by atoms with Crippen LogP contribution in [0, 0.1) is 23.2 Å². The largest absolute Gasteiger partial charge is 0.453 e. The van der Waals surface area contributed by atoms with Crippen LogP contribution in [0.5, 0.6) is 0 Å². The molecule has 63 heavy (non-hydrogen) atoms. The molecular formula is C41H81N11O11. The van der Waals surface area contributed by atoms with Crippen molar-refractivity contribution in [3.05, 3.63) is 35.9 Å². The van der Waals surface area contributed by atoms with Crippen LogP contribution in [0.4, 0.5) is 4.79 Å². The van der Waals surface area contributed by atoms with Crippen LogP contribution in [-0.4, -0.2) is 142 Å². The number of nitrogens with one attached hydrogen (secondary N) is 9. The minimum Gasteiger partial charge on any atom is -0.453 e. The number of methoxy groups -OCH3 is 1. The summed E-state index contributed by atoms with van der Waals surface area (Å²) in [6.07, 6.45) is 2.99. The van der Waals surface area contributed by atoms with Crippen LogP contribution < -0.4 is 53.6 Å². The van der Waals surface area contributed by atoms with Gasteiger partial charge in [-0.3, -0.25) is 38.4 Å². The number of aliphatic hydroxyl groups is 1. The number of likely N-dealkylation sites (N-methyl/N-ethyl adjacent to an activating group) is 2. The van der Waals surface area contributed by atoms with Gasteiger partial charge in [-0.15, -0.1) is 0 Å². The van der Waals surface area contributed by atoms with E-state index in [4.69, 9.17) is 16.1 Å². The molecule has 0 aliphatic heterocycles. The standard InChI is InChI=1S/C8H9NO.C5H9NO.C5H11NO.2C4H9NO.C3H8N2O.2C3H7NO2.C3H7NO.C3H5N/c1-9-8(10)7-5-3-2-4-6-7;1-6-5(7)4-2-3-4;1-4(2)5(7)6-3;1-3-4(6)5-2;1-3-5-4(2)6;1-5-3(6)2-4;1-4-3(5)6-2;1-4-3(6)2-5;1-3(5)4-2;1-2-3-4/h2-6H,1H3,(H,9,10);4H,2-3H2,1H3,(H,6,7);4H,1-3H3,(H,6,7);2*3H2,1-2H3,(H,5,6);2,4H2,1H3,(H,5,6);1-2H3,(H,4,5);5H,2H2,1H3,(H,4,6);1-2H3,(H,4,5);2H2,1H3. The van der Waals surface area contributed by atoms with Gasteiger partial charge < -0.3 is 63.4 Å². The van der Waals surface area contributed by atoms with E-state index in [0.29, 0.717) is 24.3 Å². The van der Waals surface area contributed by atoms with Gasteiger partial charge in [0.25, 0.3) is 5.91 Å². The third-order valence-electron chi connectivity index (χ3n) is 6.04. The molecule has 0 unspecified atom stereocenters. The Labute approximate surface area is 375 Å². The predicted octanol–water partition coefficient (Wildman–Crippen LogP) is -0.0779. The van der Waals surface area contributed by atoms with E-state index < -0.39 is 12.7 Å². The van der Waals surface area contributed by atoms with E-state index in [0.717, 1.165) is 19.4 Å². The molecule has 0 atom stereocenters. The molecule has 0 spiro atoms. The normalized spacial score (nSPS) is 8.98. The lowest BCUT2D eigenvalue weighted by Gasteiger charge is -1.98. The van der Waals surface area contributed by atoms with Crippen LogP contribution >= 0.6 is 0 Å². The van der Waals surface area contributed by atoms with Gasteiger partial charge in [0.1, 0.15) is 6.61 Å². The minimum atomic E-state index is -0.420. The molecule has 1 aliphatic carbocycles. The highest BCUT2D eigenvalue weighted by atomic mass is 16.5. The molecule has 1 aromatic carbocycles. The monoisotopic (exact) mass is 904 g/mol. The molecule has 0 bridgehead atoms. The molecule has 22 nitrogen and oxygen atoms in total. The number of hydrogen-bond donors (Lipinski definition) is 11. The minimum absolute atomic E-state index is 0.00463. The van der Waals surface area contributed by atoms with Crippen LogP contribution in [-0.2, 0) is 38.3 Å². The molecule has 1 aliphatic rings. The third-order valence-corrected chi connectivity index (χ3v) is 6.04. The zero-order valence-electron chi connectivity index (χ0n) is 40.5. The Hall–Kier alpha value is -6.34. The second-order valence-electron chi connectivity index (χ2n) is 11.5. The number of hydrogen-bond acceptors (Lipinski definition) is 13. The number of amides is 9. The van der Waals surface area contributed by atoms with Crippen molar-refractivity contribution in [2.45, 2.75) is 74.1 Å². The SMILES string of the molecule is CCC#N.CCC(=O)NC.CCNC(C)=O.CNC(=O)C(C)C.CNC(=O)C1CC1.CNC(=O)CN.CNC(=O)CO.CNC(=O)OC.CNC(=O)c1ccccc1.CNC(C)=O. The molecular weight excluding hydrogens is 823 g/mol. The lowest BCUT2D eigenvalue weighted by Crippen LogP contribution is -2.26. The third kappa shape index (κ3) is 80.4. The van der Waals surface area contributed by atoms with Crippen molar-refractivity contribution < 1.29 is 53.0 Å². The van der Waals surface area contributed by atoms with Gasteiger partial charge in [0, 0.05) is 107 Å². The van der Waals surface area contributed by atoms with Crippen molar-refractivity contribution >= 4 is 53.4 Å². The summed E-state index contributed by atoms with van der Waals surface area (Å²) in [5.74, 6) is 0.401. The lowest BCUT2D eigenvalue weighted by molar-refractivity contribution is -0.124. The zero-order valence-corrected chi connectivity index (χ0v) is 40.5. The summed E-state index contributed by atoms with van der Waals surface area (Å²) in [7, 11) is 14.0. The number of nitrogens with two attached hydrogens (primary N) is 1. The van der Waals surface area contributed by atoms with E-state index in [2.05, 4.69) is 52.6 Å². The average Bonchev–Trinajstić information content (AvgIpc) is 4.17. The van der Waals surface area contributed by atoms with Crippen LogP contribution in [0.25, 0.3) is 0 Å². The number of rotatable bonds is 7. The summed E-state index contributed by atoms with van der Waals surface area (Å²) in [5, 5.41) is 37.5. The second-order valence-corrected chi connectivity index (χ2v) is 11.5. The molecule has 2 rings (SSSR count). The average molecular weight is 904 g/mol. The Morgan fingerprint density at radius 3 is 1.25 bits per heavy atom. The molecule has 366 valence electrons. The zero-order chi connectivity index (χ0) is 51.2. The van der Waals surface area contributed by atoms with Crippen molar-refractivity contribution in [3.8, 4) is 6.07 Å². The summed E-state index contributed by atoms with van der Waals surface area (Å²) in [6.45, 7) is 12.6. The van der Waals surface area contributed by atoms with Crippen LogP contribution in [0.3, 0.4) is 0 Å². The van der Waals surface area contributed by atoms with Gasteiger partial charge in [-0.2, -0.15) is 5.26 Å². The second kappa shape index (κ2) is 60.0. The number of nitriles is 1. The number of nitrogens with zero attached hydrogens (tertiary/aromatic N) is 1. The molecule has 22 heteroatoms. The maximum Gasteiger partial charge on any atom is 0.406 e. The number of alkyl carbamates (subject to hydrolysis) is 1. The number of ether oxygens (including phenoxy) is 1. The highest BCUT2D eigenvalue weighted by Gasteiger charge is 2.28. The molecule has 0 heterocycles. The Morgan fingerprint density at radius 2 is 1.16 bits per heavy atom. The van der Waals surface area contributed by atoms with Crippen molar-refractivity contribution in [1.29, 1.82) is 5.26 Å². The molecule has 12 N–H and O–H groups in total. The molecule has 9 amide bonds. The van der Waals surface area contributed by atoms with Crippen LogP contribution in [0.15, 0.2) is 30.3 Å². The van der Waals surface area contributed by atoms with Gasteiger partial charge >= 0.3 is 6.09 Å². The maximum atomic E-state index is 10.9. The van der Waals surface area contributed by atoms with Gasteiger partial charge in [0.15, 0.2) is 0 Å².